The van der Waals surface area contributed by atoms with E-state index in [2.05, 4.69) is 9.97 Å². The number of carbonyl (C=O) groups is 1. The number of rotatable bonds is 3. The van der Waals surface area contributed by atoms with Gasteiger partial charge in [0.25, 0.3) is 5.91 Å². The molecule has 0 N–H and O–H groups in total. The molecular weight excluding hydrogens is 343 g/mol. The van der Waals surface area contributed by atoms with Crippen LogP contribution >= 0.6 is 11.3 Å². The fraction of sp³-hybridized carbons (Fsp3) is 0.400. The lowest BCUT2D eigenvalue weighted by Gasteiger charge is -2.17. The van der Waals surface area contributed by atoms with Crippen LogP contribution in [0.5, 0.6) is 5.88 Å². The number of nitrogens with zero attached hydrogens (tertiary/aromatic N) is 3. The molecule has 0 bridgehead atoms. The lowest BCUT2D eigenvalue weighted by molar-refractivity contribution is -0.137. The number of thiazole rings is 1. The molecule has 1 amide bonds. The maximum Gasteiger partial charge on any atom is 0.416 e. The number of halogens is 3. The Morgan fingerprint density at radius 3 is 2.88 bits per heavy atom. The van der Waals surface area contributed by atoms with Crippen LogP contribution in [0.2, 0.25) is 0 Å². The van der Waals surface area contributed by atoms with Crippen molar-refractivity contribution in [3.8, 4) is 5.88 Å². The van der Waals surface area contributed by atoms with Crippen molar-refractivity contribution in [1.82, 2.24) is 14.9 Å². The van der Waals surface area contributed by atoms with E-state index in [4.69, 9.17) is 4.74 Å². The Balaban J connectivity index is 1.65. The molecule has 3 rings (SSSR count). The van der Waals surface area contributed by atoms with E-state index in [0.29, 0.717) is 30.1 Å². The molecule has 1 aliphatic heterocycles. The second-order valence-corrected chi connectivity index (χ2v) is 6.28. The number of pyridine rings is 1. The minimum absolute atomic E-state index is 0.0851. The maximum atomic E-state index is 12.7. The molecule has 9 heteroatoms. The molecule has 5 nitrogen and oxygen atoms in total. The molecule has 0 aliphatic carbocycles. The van der Waals surface area contributed by atoms with Gasteiger partial charge in [0.05, 0.1) is 23.3 Å². The third-order valence-corrected chi connectivity index (χ3v) is 4.64. The summed E-state index contributed by atoms with van der Waals surface area (Å²) in [6, 6.07) is 1.77. The van der Waals surface area contributed by atoms with Gasteiger partial charge in [0.15, 0.2) is 0 Å². The van der Waals surface area contributed by atoms with Crippen LogP contribution in [0.3, 0.4) is 0 Å². The summed E-state index contributed by atoms with van der Waals surface area (Å²) in [4.78, 5) is 22.5. The number of hydrogen-bond acceptors (Lipinski definition) is 5. The average Bonchev–Trinajstić information content (AvgIpc) is 3.15. The van der Waals surface area contributed by atoms with Crippen molar-refractivity contribution in [2.75, 3.05) is 13.1 Å². The molecule has 1 fully saturated rings. The first-order valence-corrected chi connectivity index (χ1v) is 8.12. The number of aryl methyl sites for hydroxylation is 1. The van der Waals surface area contributed by atoms with Crippen LogP contribution in [0.4, 0.5) is 13.2 Å². The predicted octanol–water partition coefficient (Wildman–Crippen LogP) is 3.16. The fourth-order valence-corrected chi connectivity index (χ4v) is 3.25. The molecule has 1 aliphatic rings. The Kier molecular flexibility index (Phi) is 4.44. The number of aromatic nitrogens is 2. The zero-order valence-electron chi connectivity index (χ0n) is 12.7. The van der Waals surface area contributed by atoms with Gasteiger partial charge in [0, 0.05) is 25.2 Å². The zero-order valence-corrected chi connectivity index (χ0v) is 13.5. The van der Waals surface area contributed by atoms with Crippen molar-refractivity contribution >= 4 is 17.2 Å². The Morgan fingerprint density at radius 2 is 2.21 bits per heavy atom. The van der Waals surface area contributed by atoms with Gasteiger partial charge in [0.1, 0.15) is 11.0 Å². The van der Waals surface area contributed by atoms with Crippen LogP contribution in [-0.4, -0.2) is 40.0 Å². The molecule has 2 aromatic rings. The van der Waals surface area contributed by atoms with Crippen LogP contribution in [0.1, 0.15) is 27.3 Å². The number of amides is 1. The Labute approximate surface area is 140 Å². The number of alkyl halides is 3. The lowest BCUT2D eigenvalue weighted by atomic mass is 10.2. The van der Waals surface area contributed by atoms with Crippen molar-refractivity contribution in [1.29, 1.82) is 0 Å². The molecule has 24 heavy (non-hydrogen) atoms. The van der Waals surface area contributed by atoms with Gasteiger partial charge in [-0.15, -0.1) is 11.3 Å². The van der Waals surface area contributed by atoms with Crippen molar-refractivity contribution < 1.29 is 22.7 Å². The summed E-state index contributed by atoms with van der Waals surface area (Å²) < 4.78 is 43.6. The van der Waals surface area contributed by atoms with Crippen molar-refractivity contribution in [2.24, 2.45) is 0 Å². The minimum Gasteiger partial charge on any atom is -0.472 e. The fourth-order valence-electron chi connectivity index (χ4n) is 2.48. The normalized spacial score (nSPS) is 18.0. The van der Waals surface area contributed by atoms with E-state index in [1.165, 1.54) is 11.3 Å². The molecule has 1 unspecified atom stereocenters. The maximum absolute atomic E-state index is 12.7. The molecule has 0 spiro atoms. The zero-order chi connectivity index (χ0) is 17.3. The molecule has 1 saturated heterocycles. The van der Waals surface area contributed by atoms with Crippen molar-refractivity contribution in [3.05, 3.63) is 40.0 Å². The van der Waals surface area contributed by atoms with E-state index < -0.39 is 11.7 Å². The number of ether oxygens (including phenoxy) is 1. The van der Waals surface area contributed by atoms with Crippen LogP contribution < -0.4 is 4.74 Å². The summed E-state index contributed by atoms with van der Waals surface area (Å²) in [6.45, 7) is 2.56. The molecule has 0 aromatic carbocycles. The Bertz CT molecular complexity index is 748. The van der Waals surface area contributed by atoms with Gasteiger partial charge < -0.3 is 9.64 Å². The van der Waals surface area contributed by atoms with Gasteiger partial charge >= 0.3 is 6.18 Å². The number of carbonyl (C=O) groups excluding carboxylic acids is 1. The van der Waals surface area contributed by atoms with Gasteiger partial charge in [-0.2, -0.15) is 13.2 Å². The van der Waals surface area contributed by atoms with Crippen LogP contribution in [0, 0.1) is 6.92 Å². The summed E-state index contributed by atoms with van der Waals surface area (Å²) in [5.74, 6) is -0.212. The summed E-state index contributed by atoms with van der Waals surface area (Å²) in [5.41, 5.74) is 1.48. The average molecular weight is 357 g/mol. The first kappa shape index (κ1) is 16.7. The molecule has 2 aromatic heterocycles. The first-order chi connectivity index (χ1) is 11.3. The second kappa shape index (κ2) is 6.39. The molecule has 0 saturated carbocycles. The highest BCUT2D eigenvalue weighted by molar-refractivity contribution is 7.11. The standard InChI is InChI=1S/C15H14F3N3O2S/c1-9-13(24-8-20-9)14(22)21-5-3-11(7-21)23-12-6-10(2-4-19-12)15(16,17)18/h2,4,6,8,11H,3,5,7H2,1H3. The summed E-state index contributed by atoms with van der Waals surface area (Å²) in [7, 11) is 0. The van der Waals surface area contributed by atoms with Gasteiger partial charge in [0.2, 0.25) is 5.88 Å². The van der Waals surface area contributed by atoms with E-state index >= 15 is 0 Å². The molecule has 1 atom stereocenters. The van der Waals surface area contributed by atoms with Gasteiger partial charge in [-0.3, -0.25) is 4.79 Å². The Hall–Kier alpha value is -2.16. The smallest absolute Gasteiger partial charge is 0.416 e. The van der Waals surface area contributed by atoms with Crippen molar-refractivity contribution in [3.63, 3.8) is 0 Å². The third kappa shape index (κ3) is 3.50. The van der Waals surface area contributed by atoms with E-state index in [9.17, 15) is 18.0 Å². The lowest BCUT2D eigenvalue weighted by Crippen LogP contribution is -2.31. The van der Waals surface area contributed by atoms with E-state index in [-0.39, 0.29) is 17.9 Å². The van der Waals surface area contributed by atoms with Gasteiger partial charge in [-0.05, 0) is 13.0 Å². The monoisotopic (exact) mass is 357 g/mol. The molecular formula is C15H14F3N3O2S. The summed E-state index contributed by atoms with van der Waals surface area (Å²) in [5, 5.41) is 0. The predicted molar refractivity (Wildman–Crippen MR) is 81.0 cm³/mol. The van der Waals surface area contributed by atoms with Gasteiger partial charge in [-0.1, -0.05) is 0 Å². The number of hydrogen-bond donors (Lipinski definition) is 0. The highest BCUT2D eigenvalue weighted by atomic mass is 32.1. The highest BCUT2D eigenvalue weighted by Gasteiger charge is 2.33. The molecule has 0 radical (unpaired) electrons. The minimum atomic E-state index is -4.44. The SMILES string of the molecule is Cc1ncsc1C(=O)N1CCC(Oc2cc(C(F)(F)F)ccn2)C1. The van der Waals surface area contributed by atoms with Crippen LogP contribution in [-0.2, 0) is 6.18 Å². The molecule has 128 valence electrons. The summed E-state index contributed by atoms with van der Waals surface area (Å²) >= 11 is 1.27. The summed E-state index contributed by atoms with van der Waals surface area (Å²) in [6.07, 6.45) is -3.21. The van der Waals surface area contributed by atoms with E-state index in [1.54, 1.807) is 17.3 Å². The Morgan fingerprint density at radius 1 is 1.42 bits per heavy atom. The third-order valence-electron chi connectivity index (χ3n) is 3.72. The first-order valence-electron chi connectivity index (χ1n) is 7.24. The van der Waals surface area contributed by atoms with E-state index in [1.807, 2.05) is 0 Å². The number of likely N-dealkylation sites (tertiary alicyclic amines) is 1. The van der Waals surface area contributed by atoms with Crippen molar-refractivity contribution in [2.45, 2.75) is 25.6 Å². The topological polar surface area (TPSA) is 55.3 Å². The second-order valence-electron chi connectivity index (χ2n) is 5.43. The van der Waals surface area contributed by atoms with Crippen LogP contribution in [0.15, 0.2) is 23.8 Å². The quantitative estimate of drug-likeness (QED) is 0.847. The largest absolute Gasteiger partial charge is 0.472 e. The molecule has 3 heterocycles. The van der Waals surface area contributed by atoms with E-state index in [0.717, 1.165) is 18.3 Å². The highest BCUT2D eigenvalue weighted by Crippen LogP contribution is 2.31. The van der Waals surface area contributed by atoms with Crippen LogP contribution in [0.25, 0.3) is 0 Å². The van der Waals surface area contributed by atoms with Gasteiger partial charge in [-0.25, -0.2) is 9.97 Å².